The average Bonchev–Trinajstić information content (AvgIpc) is 3.16. The Morgan fingerprint density at radius 2 is 1.86 bits per heavy atom. The molecule has 0 bridgehead atoms. The Kier molecular flexibility index (Phi) is 4.85. The predicted molar refractivity (Wildman–Crippen MR) is 108 cm³/mol. The maximum Gasteiger partial charge on any atom is 0.255 e. The summed E-state index contributed by atoms with van der Waals surface area (Å²) in [7, 11) is 0. The molecule has 0 aliphatic carbocycles. The number of nitrogens with one attached hydrogen (secondary N) is 1. The smallest absolute Gasteiger partial charge is 0.255 e. The lowest BCUT2D eigenvalue weighted by Gasteiger charge is -2.14. The summed E-state index contributed by atoms with van der Waals surface area (Å²) >= 11 is 0. The van der Waals surface area contributed by atoms with Crippen molar-refractivity contribution in [3.8, 4) is 11.3 Å². The lowest BCUT2D eigenvalue weighted by Crippen LogP contribution is -2.26. The maximum atomic E-state index is 12.8. The number of nitrogens with zero attached hydrogens (tertiary/aromatic N) is 4. The highest BCUT2D eigenvalue weighted by atomic mass is 16.1. The van der Waals surface area contributed by atoms with Crippen LogP contribution in [0.2, 0.25) is 0 Å². The van der Waals surface area contributed by atoms with E-state index < -0.39 is 0 Å². The summed E-state index contributed by atoms with van der Waals surface area (Å²) in [5.41, 5.74) is 4.75. The Morgan fingerprint density at radius 3 is 2.57 bits per heavy atom. The second-order valence-corrected chi connectivity index (χ2v) is 6.88. The first-order valence-corrected chi connectivity index (χ1v) is 9.25. The van der Waals surface area contributed by atoms with E-state index in [1.807, 2.05) is 68.4 Å². The molecule has 0 aliphatic rings. The fourth-order valence-electron chi connectivity index (χ4n) is 3.20. The van der Waals surface area contributed by atoms with Crippen LogP contribution in [-0.4, -0.2) is 25.5 Å². The van der Waals surface area contributed by atoms with Crippen LogP contribution in [-0.2, 0) is 6.54 Å². The van der Waals surface area contributed by atoms with Gasteiger partial charge in [-0.25, -0.2) is 9.50 Å². The van der Waals surface area contributed by atoms with Gasteiger partial charge in [-0.05, 0) is 18.1 Å². The first kappa shape index (κ1) is 17.9. The number of benzene rings is 1. The molecule has 1 amide bonds. The fourth-order valence-corrected chi connectivity index (χ4v) is 3.20. The lowest BCUT2D eigenvalue weighted by molar-refractivity contribution is 0.0948. The molecule has 0 radical (unpaired) electrons. The molecule has 6 nitrogen and oxygen atoms in total. The van der Waals surface area contributed by atoms with Crippen LogP contribution < -0.4 is 5.32 Å². The van der Waals surface area contributed by atoms with Crippen LogP contribution in [0.15, 0.2) is 67.0 Å². The largest absolute Gasteiger partial charge is 0.346 e. The summed E-state index contributed by atoms with van der Waals surface area (Å²) in [4.78, 5) is 21.6. The van der Waals surface area contributed by atoms with Gasteiger partial charge in [-0.1, -0.05) is 50.2 Å². The van der Waals surface area contributed by atoms with Crippen molar-refractivity contribution in [1.29, 1.82) is 0 Å². The summed E-state index contributed by atoms with van der Waals surface area (Å²) in [6.07, 6.45) is 3.35. The Balaban J connectivity index is 1.70. The van der Waals surface area contributed by atoms with Gasteiger partial charge in [0, 0.05) is 24.0 Å². The third-order valence-electron chi connectivity index (χ3n) is 4.54. The Morgan fingerprint density at radius 1 is 1.07 bits per heavy atom. The van der Waals surface area contributed by atoms with Gasteiger partial charge in [0.2, 0.25) is 0 Å². The number of hydrogen-bond acceptors (Lipinski definition) is 4. The molecule has 4 aromatic rings. The number of rotatable bonds is 5. The molecular weight excluding hydrogens is 350 g/mol. The van der Waals surface area contributed by atoms with E-state index in [0.29, 0.717) is 12.1 Å². The molecule has 6 heteroatoms. The molecular formula is C22H21N5O. The zero-order valence-electron chi connectivity index (χ0n) is 15.8. The van der Waals surface area contributed by atoms with Crippen molar-refractivity contribution >= 4 is 11.6 Å². The van der Waals surface area contributed by atoms with Crippen LogP contribution >= 0.6 is 0 Å². The second-order valence-electron chi connectivity index (χ2n) is 6.88. The van der Waals surface area contributed by atoms with Crippen molar-refractivity contribution in [3.05, 3.63) is 83.9 Å². The van der Waals surface area contributed by atoms with E-state index in [9.17, 15) is 4.79 Å². The van der Waals surface area contributed by atoms with Crippen LogP contribution in [0.4, 0.5) is 0 Å². The number of amides is 1. The standard InChI is InChI=1S/C22H21N5O/c1-15(2)21-18(22(28)25-13-17-10-6-7-11-23-17)14-24-20-12-19(26-27(20)21)16-8-4-3-5-9-16/h3-12,14-15H,13H2,1-2H3,(H,25,28). The minimum atomic E-state index is -0.180. The van der Waals surface area contributed by atoms with Gasteiger partial charge in [0.1, 0.15) is 0 Å². The number of pyridine rings is 1. The third kappa shape index (κ3) is 3.49. The van der Waals surface area contributed by atoms with Crippen LogP contribution in [0.25, 0.3) is 16.9 Å². The van der Waals surface area contributed by atoms with Gasteiger partial charge in [-0.3, -0.25) is 9.78 Å². The first-order chi connectivity index (χ1) is 13.6. The number of fused-ring (bicyclic) bond motifs is 1. The molecule has 0 fully saturated rings. The Hall–Kier alpha value is -3.54. The summed E-state index contributed by atoms with van der Waals surface area (Å²) < 4.78 is 1.78. The number of carbonyl (C=O) groups excluding carboxylic acids is 1. The van der Waals surface area contributed by atoms with Crippen LogP contribution in [0, 0.1) is 0 Å². The molecule has 0 unspecified atom stereocenters. The van der Waals surface area contributed by atoms with Crippen molar-refractivity contribution < 1.29 is 4.79 Å². The summed E-state index contributed by atoms with van der Waals surface area (Å²) in [5.74, 6) is -0.0786. The van der Waals surface area contributed by atoms with Gasteiger partial charge in [0.05, 0.1) is 29.2 Å². The molecule has 0 saturated heterocycles. The summed E-state index contributed by atoms with van der Waals surface area (Å²) in [6, 6.07) is 17.5. The van der Waals surface area contributed by atoms with Gasteiger partial charge in [-0.15, -0.1) is 0 Å². The highest BCUT2D eigenvalue weighted by Crippen LogP contribution is 2.24. The molecule has 3 aromatic heterocycles. The van der Waals surface area contributed by atoms with Gasteiger partial charge >= 0.3 is 0 Å². The quantitative estimate of drug-likeness (QED) is 0.578. The van der Waals surface area contributed by atoms with Gasteiger partial charge in [0.25, 0.3) is 5.91 Å². The molecule has 28 heavy (non-hydrogen) atoms. The minimum Gasteiger partial charge on any atom is -0.346 e. The number of carbonyl (C=O) groups is 1. The maximum absolute atomic E-state index is 12.8. The predicted octanol–water partition coefficient (Wildman–Crippen LogP) is 3.84. The number of aromatic nitrogens is 4. The molecule has 1 N–H and O–H groups in total. The van der Waals surface area contributed by atoms with Crippen LogP contribution in [0.3, 0.4) is 0 Å². The van der Waals surface area contributed by atoms with E-state index in [2.05, 4.69) is 15.3 Å². The second kappa shape index (κ2) is 7.60. The lowest BCUT2D eigenvalue weighted by atomic mass is 10.0. The highest BCUT2D eigenvalue weighted by Gasteiger charge is 2.20. The zero-order chi connectivity index (χ0) is 19.5. The molecule has 3 heterocycles. The molecule has 0 aliphatic heterocycles. The summed E-state index contributed by atoms with van der Waals surface area (Å²) in [5, 5.41) is 7.66. The van der Waals surface area contributed by atoms with Crippen molar-refractivity contribution in [2.45, 2.75) is 26.3 Å². The normalized spacial score (nSPS) is 11.1. The minimum absolute atomic E-state index is 0.102. The Labute approximate surface area is 163 Å². The zero-order valence-corrected chi connectivity index (χ0v) is 15.8. The molecule has 0 saturated carbocycles. The van der Waals surface area contributed by atoms with Crippen LogP contribution in [0.1, 0.15) is 41.5 Å². The van der Waals surface area contributed by atoms with E-state index in [4.69, 9.17) is 5.10 Å². The Bertz CT molecular complexity index is 1100. The topological polar surface area (TPSA) is 72.2 Å². The van der Waals surface area contributed by atoms with Crippen molar-refractivity contribution in [1.82, 2.24) is 24.9 Å². The average molecular weight is 371 g/mol. The van der Waals surface area contributed by atoms with E-state index in [1.165, 1.54) is 0 Å². The van der Waals surface area contributed by atoms with E-state index in [-0.39, 0.29) is 11.8 Å². The number of hydrogen-bond donors (Lipinski definition) is 1. The fraction of sp³-hybridized carbons (Fsp3) is 0.182. The highest BCUT2D eigenvalue weighted by molar-refractivity contribution is 5.95. The van der Waals surface area contributed by atoms with Crippen LogP contribution in [0.5, 0.6) is 0 Å². The van der Waals surface area contributed by atoms with Gasteiger partial charge in [-0.2, -0.15) is 5.10 Å². The molecule has 0 spiro atoms. The first-order valence-electron chi connectivity index (χ1n) is 9.25. The third-order valence-corrected chi connectivity index (χ3v) is 4.54. The van der Waals surface area contributed by atoms with Crippen molar-refractivity contribution in [2.75, 3.05) is 0 Å². The van der Waals surface area contributed by atoms with E-state index in [0.717, 1.165) is 28.3 Å². The molecule has 4 rings (SSSR count). The summed E-state index contributed by atoms with van der Waals surface area (Å²) in [6.45, 7) is 4.46. The van der Waals surface area contributed by atoms with E-state index in [1.54, 1.807) is 16.9 Å². The monoisotopic (exact) mass is 371 g/mol. The SMILES string of the molecule is CC(C)c1c(C(=O)NCc2ccccn2)cnc2cc(-c3ccccc3)nn12. The van der Waals surface area contributed by atoms with Gasteiger partial charge in [0.15, 0.2) is 5.65 Å². The molecule has 0 atom stereocenters. The van der Waals surface area contributed by atoms with Crippen molar-refractivity contribution in [3.63, 3.8) is 0 Å². The van der Waals surface area contributed by atoms with Gasteiger partial charge < -0.3 is 5.32 Å². The molecule has 140 valence electrons. The van der Waals surface area contributed by atoms with Crippen molar-refractivity contribution in [2.24, 2.45) is 0 Å². The van der Waals surface area contributed by atoms with E-state index >= 15 is 0 Å². The molecule has 1 aromatic carbocycles.